The van der Waals surface area contributed by atoms with Gasteiger partial charge in [-0.2, -0.15) is 0 Å². The van der Waals surface area contributed by atoms with Crippen molar-refractivity contribution in [3.05, 3.63) is 11.6 Å². The maximum absolute atomic E-state index is 12.6. The highest BCUT2D eigenvalue weighted by atomic mass is 16.7. The predicted octanol–water partition coefficient (Wildman–Crippen LogP) is 0.979. The Morgan fingerprint density at radius 3 is 2.74 bits per heavy atom. The Morgan fingerprint density at radius 2 is 2.00 bits per heavy atom. The summed E-state index contributed by atoms with van der Waals surface area (Å²) in [7, 11) is 3.13. The van der Waals surface area contributed by atoms with Gasteiger partial charge in [-0.05, 0) is 6.07 Å². The molecule has 1 atom stereocenters. The molecule has 0 N–H and O–H groups in total. The van der Waals surface area contributed by atoms with Crippen LogP contribution in [0.25, 0.3) is 0 Å². The third-order valence-corrected chi connectivity index (χ3v) is 4.78. The maximum atomic E-state index is 12.6. The molecule has 3 heterocycles. The number of fused-ring (bicyclic) bond motifs is 1. The molecule has 0 spiro atoms. The number of nitrogens with zero attached hydrogens (tertiary/aromatic N) is 2. The van der Waals surface area contributed by atoms with Gasteiger partial charge < -0.3 is 33.4 Å². The van der Waals surface area contributed by atoms with Gasteiger partial charge in [0.25, 0.3) is 5.91 Å². The van der Waals surface area contributed by atoms with E-state index in [4.69, 9.17) is 28.5 Å². The number of ether oxygens (including phenoxy) is 5. The summed E-state index contributed by atoms with van der Waals surface area (Å²) in [4.78, 5) is 19.8. The van der Waals surface area contributed by atoms with E-state index in [0.717, 1.165) is 5.56 Å². The van der Waals surface area contributed by atoms with E-state index in [-0.39, 0.29) is 18.8 Å². The van der Waals surface area contributed by atoms with Crippen molar-refractivity contribution in [3.63, 3.8) is 0 Å². The van der Waals surface area contributed by atoms with Gasteiger partial charge in [-0.15, -0.1) is 0 Å². The molecular weight excluding hydrogens is 356 g/mol. The van der Waals surface area contributed by atoms with Crippen molar-refractivity contribution in [1.29, 1.82) is 0 Å². The average Bonchev–Trinajstić information content (AvgIpc) is 3.36. The number of morpholine rings is 1. The number of methoxy groups -OCH3 is 2. The Hall–Kier alpha value is -2.68. The first-order valence-corrected chi connectivity index (χ1v) is 8.84. The van der Waals surface area contributed by atoms with E-state index >= 15 is 0 Å². The molecule has 146 valence electrons. The van der Waals surface area contributed by atoms with Gasteiger partial charge in [-0.1, -0.05) is 5.16 Å². The second-order valence-corrected chi connectivity index (χ2v) is 6.41. The third kappa shape index (κ3) is 3.34. The molecular formula is C18H22N2O7. The Morgan fingerprint density at radius 1 is 1.22 bits per heavy atom. The van der Waals surface area contributed by atoms with Gasteiger partial charge in [0.1, 0.15) is 11.8 Å². The van der Waals surface area contributed by atoms with Gasteiger partial charge in [0, 0.05) is 31.5 Å². The maximum Gasteiger partial charge on any atom is 0.271 e. The van der Waals surface area contributed by atoms with Gasteiger partial charge in [0.2, 0.25) is 18.3 Å². The van der Waals surface area contributed by atoms with E-state index in [9.17, 15) is 4.79 Å². The van der Waals surface area contributed by atoms with Gasteiger partial charge in [-0.25, -0.2) is 0 Å². The number of amides is 1. The van der Waals surface area contributed by atoms with Crippen LogP contribution in [-0.2, 0) is 20.8 Å². The van der Waals surface area contributed by atoms with Crippen LogP contribution in [0.2, 0.25) is 0 Å². The number of carbonyl (C=O) groups excluding carboxylic acids is 1. The van der Waals surface area contributed by atoms with Crippen molar-refractivity contribution in [1.82, 2.24) is 4.90 Å². The van der Waals surface area contributed by atoms with Crippen LogP contribution in [0.15, 0.2) is 11.2 Å². The fourth-order valence-corrected chi connectivity index (χ4v) is 3.47. The van der Waals surface area contributed by atoms with Crippen molar-refractivity contribution in [2.75, 3.05) is 47.3 Å². The third-order valence-electron chi connectivity index (χ3n) is 4.78. The van der Waals surface area contributed by atoms with Crippen LogP contribution in [0.5, 0.6) is 23.0 Å². The highest BCUT2D eigenvalue weighted by Crippen LogP contribution is 2.49. The minimum atomic E-state index is -0.260. The second kappa shape index (κ2) is 7.51. The number of hydrogen-bond donors (Lipinski definition) is 0. The average molecular weight is 378 g/mol. The SMILES string of the molecule is COc1c(CC2CC(C(=O)N3CCOCC3)=NO2)cc2c(c1OC)OCO2. The van der Waals surface area contributed by atoms with Crippen LogP contribution in [0.3, 0.4) is 0 Å². The van der Waals surface area contributed by atoms with Crippen LogP contribution in [0.1, 0.15) is 12.0 Å². The summed E-state index contributed by atoms with van der Waals surface area (Å²) < 4.78 is 27.2. The lowest BCUT2D eigenvalue weighted by Gasteiger charge is -2.26. The smallest absolute Gasteiger partial charge is 0.271 e. The molecule has 4 rings (SSSR count). The highest BCUT2D eigenvalue weighted by molar-refractivity contribution is 6.39. The minimum Gasteiger partial charge on any atom is -0.492 e. The van der Waals surface area contributed by atoms with E-state index < -0.39 is 0 Å². The molecule has 3 aliphatic heterocycles. The Balaban J connectivity index is 1.47. The quantitative estimate of drug-likeness (QED) is 0.755. The number of carbonyl (C=O) groups is 1. The van der Waals surface area contributed by atoms with Gasteiger partial charge >= 0.3 is 0 Å². The van der Waals surface area contributed by atoms with E-state index in [0.29, 0.717) is 67.9 Å². The van der Waals surface area contributed by atoms with Crippen LogP contribution in [-0.4, -0.2) is 69.9 Å². The molecule has 0 saturated carbocycles. The standard InChI is InChI=1S/C18H22N2O7/c1-22-15-11(8-14-16(17(15)23-2)26-10-25-14)7-12-9-13(19-27-12)18(21)20-3-5-24-6-4-20/h8,12H,3-7,9-10H2,1-2H3. The van der Waals surface area contributed by atoms with Gasteiger partial charge in [0.15, 0.2) is 11.5 Å². The summed E-state index contributed by atoms with van der Waals surface area (Å²) >= 11 is 0. The molecule has 1 amide bonds. The van der Waals surface area contributed by atoms with Crippen molar-refractivity contribution >= 4 is 11.6 Å². The Labute approximate surface area is 156 Å². The van der Waals surface area contributed by atoms with E-state index in [2.05, 4.69) is 5.16 Å². The van der Waals surface area contributed by atoms with Gasteiger partial charge in [0.05, 0.1) is 27.4 Å². The monoisotopic (exact) mass is 378 g/mol. The lowest BCUT2D eigenvalue weighted by molar-refractivity contribution is -0.128. The number of oxime groups is 1. The largest absolute Gasteiger partial charge is 0.492 e. The summed E-state index contributed by atoms with van der Waals surface area (Å²) in [5.41, 5.74) is 1.28. The molecule has 9 heteroatoms. The first-order chi connectivity index (χ1) is 13.2. The van der Waals surface area contributed by atoms with Crippen LogP contribution in [0, 0.1) is 0 Å². The fraction of sp³-hybridized carbons (Fsp3) is 0.556. The summed E-state index contributed by atoms with van der Waals surface area (Å²) in [6.07, 6.45) is 0.680. The zero-order chi connectivity index (χ0) is 18.8. The summed E-state index contributed by atoms with van der Waals surface area (Å²) in [6, 6.07) is 1.86. The second-order valence-electron chi connectivity index (χ2n) is 6.41. The summed E-state index contributed by atoms with van der Waals surface area (Å²) in [6.45, 7) is 2.40. The fourth-order valence-electron chi connectivity index (χ4n) is 3.47. The van der Waals surface area contributed by atoms with Crippen molar-refractivity contribution in [2.24, 2.45) is 5.16 Å². The molecule has 1 aromatic carbocycles. The molecule has 1 fully saturated rings. The zero-order valence-electron chi connectivity index (χ0n) is 15.4. The zero-order valence-corrected chi connectivity index (χ0v) is 15.4. The summed E-state index contributed by atoms with van der Waals surface area (Å²) in [5.74, 6) is 2.11. The molecule has 0 radical (unpaired) electrons. The number of hydrogen-bond acceptors (Lipinski definition) is 8. The molecule has 0 aromatic heterocycles. The Bertz CT molecular complexity index is 759. The normalized spacial score (nSPS) is 20.9. The molecule has 1 aromatic rings. The molecule has 27 heavy (non-hydrogen) atoms. The first kappa shape index (κ1) is 17.7. The molecule has 0 bridgehead atoms. The van der Waals surface area contributed by atoms with Crippen molar-refractivity contribution in [2.45, 2.75) is 18.9 Å². The molecule has 1 unspecified atom stereocenters. The molecule has 1 saturated heterocycles. The first-order valence-electron chi connectivity index (χ1n) is 8.84. The predicted molar refractivity (Wildman–Crippen MR) is 93.7 cm³/mol. The topological polar surface area (TPSA) is 88.1 Å². The van der Waals surface area contributed by atoms with Crippen molar-refractivity contribution in [3.8, 4) is 23.0 Å². The molecule has 0 aliphatic carbocycles. The Kier molecular flexibility index (Phi) is 4.93. The van der Waals surface area contributed by atoms with E-state index in [1.54, 1.807) is 19.1 Å². The van der Waals surface area contributed by atoms with Crippen LogP contribution in [0.4, 0.5) is 0 Å². The molecule has 3 aliphatic rings. The molecule has 9 nitrogen and oxygen atoms in total. The lowest BCUT2D eigenvalue weighted by atomic mass is 10.0. The van der Waals surface area contributed by atoms with Gasteiger partial charge in [-0.3, -0.25) is 4.79 Å². The number of benzene rings is 1. The van der Waals surface area contributed by atoms with Crippen LogP contribution >= 0.6 is 0 Å². The highest BCUT2D eigenvalue weighted by Gasteiger charge is 2.33. The lowest BCUT2D eigenvalue weighted by Crippen LogP contribution is -2.44. The van der Waals surface area contributed by atoms with Crippen LogP contribution < -0.4 is 18.9 Å². The van der Waals surface area contributed by atoms with E-state index in [1.807, 2.05) is 6.07 Å². The van der Waals surface area contributed by atoms with E-state index in [1.165, 1.54) is 0 Å². The summed E-state index contributed by atoms with van der Waals surface area (Å²) in [5, 5.41) is 4.02. The number of rotatable bonds is 5. The van der Waals surface area contributed by atoms with Crippen molar-refractivity contribution < 1.29 is 33.3 Å². The minimum absolute atomic E-state index is 0.0870.